The van der Waals surface area contributed by atoms with Gasteiger partial charge in [-0.2, -0.15) is 0 Å². The molecule has 0 aliphatic carbocycles. The van der Waals surface area contributed by atoms with Crippen LogP contribution in [0.25, 0.3) is 0 Å². The van der Waals surface area contributed by atoms with E-state index in [0.717, 1.165) is 6.07 Å². The van der Waals surface area contributed by atoms with E-state index in [1.165, 1.54) is 18.2 Å². The second-order valence-electron chi connectivity index (χ2n) is 3.36. The summed E-state index contributed by atoms with van der Waals surface area (Å²) in [6.07, 6.45) is 1.78. The van der Waals surface area contributed by atoms with Crippen molar-refractivity contribution in [2.45, 2.75) is 0 Å². The largest absolute Gasteiger partial charge is 0.482 e. The Labute approximate surface area is 108 Å². The average Bonchev–Trinajstić information content (AvgIpc) is 2.42. The van der Waals surface area contributed by atoms with Gasteiger partial charge in [-0.3, -0.25) is 14.9 Å². The Morgan fingerprint density at radius 2 is 2.21 bits per heavy atom. The van der Waals surface area contributed by atoms with Crippen LogP contribution in [0.3, 0.4) is 0 Å². The van der Waals surface area contributed by atoms with Gasteiger partial charge in [0.25, 0.3) is 5.69 Å². The van der Waals surface area contributed by atoms with E-state index >= 15 is 0 Å². The molecule has 0 aliphatic heterocycles. The summed E-state index contributed by atoms with van der Waals surface area (Å²) in [5, 5.41) is 10.7. The van der Waals surface area contributed by atoms with Crippen LogP contribution in [0.1, 0.15) is 10.4 Å². The number of nitro groups is 1. The SMILES string of the molecule is C=CCOC(=O)COc1ccc(C=O)c([N+](=O)[O-])c1. The maximum Gasteiger partial charge on any atom is 0.344 e. The van der Waals surface area contributed by atoms with Crippen molar-refractivity contribution in [1.29, 1.82) is 0 Å². The highest BCUT2D eigenvalue weighted by Crippen LogP contribution is 2.23. The van der Waals surface area contributed by atoms with Gasteiger partial charge in [-0.25, -0.2) is 4.79 Å². The van der Waals surface area contributed by atoms with Crippen LogP contribution in [-0.2, 0) is 9.53 Å². The Bertz CT molecular complexity index is 511. The van der Waals surface area contributed by atoms with Gasteiger partial charge < -0.3 is 9.47 Å². The summed E-state index contributed by atoms with van der Waals surface area (Å²) in [6, 6.07) is 3.68. The number of aldehydes is 1. The number of ether oxygens (including phenoxy) is 2. The zero-order valence-electron chi connectivity index (χ0n) is 9.90. The zero-order valence-corrected chi connectivity index (χ0v) is 9.90. The van der Waals surface area contributed by atoms with Crippen LogP contribution in [-0.4, -0.2) is 30.4 Å². The lowest BCUT2D eigenvalue weighted by molar-refractivity contribution is -0.385. The van der Waals surface area contributed by atoms with Crippen LogP contribution in [0, 0.1) is 10.1 Å². The third-order valence-electron chi connectivity index (χ3n) is 2.04. The molecule has 1 aromatic carbocycles. The molecule has 100 valence electrons. The molecule has 0 amide bonds. The molecule has 0 unspecified atom stereocenters. The Balaban J connectivity index is 2.72. The predicted molar refractivity (Wildman–Crippen MR) is 65.1 cm³/mol. The Kier molecular flexibility index (Phi) is 5.21. The Morgan fingerprint density at radius 3 is 2.79 bits per heavy atom. The lowest BCUT2D eigenvalue weighted by Crippen LogP contribution is -2.14. The first-order valence-electron chi connectivity index (χ1n) is 5.21. The molecule has 1 aromatic rings. The molecule has 0 N–H and O–H groups in total. The third-order valence-corrected chi connectivity index (χ3v) is 2.04. The van der Waals surface area contributed by atoms with E-state index in [1.807, 2.05) is 0 Å². The van der Waals surface area contributed by atoms with Crippen molar-refractivity contribution < 1.29 is 24.0 Å². The number of carbonyl (C=O) groups is 2. The van der Waals surface area contributed by atoms with Crippen LogP contribution in [0.5, 0.6) is 5.75 Å². The van der Waals surface area contributed by atoms with Gasteiger partial charge in [0.1, 0.15) is 12.4 Å². The molecular formula is C12H11NO6. The number of benzene rings is 1. The monoisotopic (exact) mass is 265 g/mol. The van der Waals surface area contributed by atoms with E-state index in [2.05, 4.69) is 11.3 Å². The van der Waals surface area contributed by atoms with Crippen molar-refractivity contribution in [3.8, 4) is 5.75 Å². The van der Waals surface area contributed by atoms with Crippen molar-refractivity contribution in [2.75, 3.05) is 13.2 Å². The van der Waals surface area contributed by atoms with Gasteiger partial charge in [-0.1, -0.05) is 12.7 Å². The highest BCUT2D eigenvalue weighted by atomic mass is 16.6. The molecular weight excluding hydrogens is 254 g/mol. The molecule has 7 heteroatoms. The summed E-state index contributed by atoms with van der Waals surface area (Å²) in [5.41, 5.74) is -0.446. The van der Waals surface area contributed by atoms with Gasteiger partial charge >= 0.3 is 5.97 Å². The van der Waals surface area contributed by atoms with Crippen molar-refractivity contribution >= 4 is 17.9 Å². The first-order chi connectivity index (χ1) is 9.08. The molecule has 0 atom stereocenters. The Hall–Kier alpha value is -2.70. The molecule has 0 spiro atoms. The molecule has 0 aromatic heterocycles. The summed E-state index contributed by atoms with van der Waals surface area (Å²) >= 11 is 0. The molecule has 0 saturated carbocycles. The van der Waals surface area contributed by atoms with Gasteiger partial charge in [-0.05, 0) is 12.1 Å². The maximum absolute atomic E-state index is 11.1. The summed E-state index contributed by atoms with van der Waals surface area (Å²) in [5.74, 6) is -0.519. The van der Waals surface area contributed by atoms with Crippen molar-refractivity contribution in [3.63, 3.8) is 0 Å². The van der Waals surface area contributed by atoms with Crippen molar-refractivity contribution in [2.24, 2.45) is 0 Å². The zero-order chi connectivity index (χ0) is 14.3. The summed E-state index contributed by atoms with van der Waals surface area (Å²) in [6.45, 7) is 3.05. The molecule has 0 aliphatic rings. The smallest absolute Gasteiger partial charge is 0.344 e. The van der Waals surface area contributed by atoms with Gasteiger partial charge in [0, 0.05) is 0 Å². The first kappa shape index (κ1) is 14.4. The topological polar surface area (TPSA) is 95.7 Å². The van der Waals surface area contributed by atoms with Gasteiger partial charge in [0.2, 0.25) is 0 Å². The maximum atomic E-state index is 11.1. The number of carbonyl (C=O) groups excluding carboxylic acids is 2. The third kappa shape index (κ3) is 4.23. The molecule has 7 nitrogen and oxygen atoms in total. The van der Waals surface area contributed by atoms with E-state index in [1.54, 1.807) is 0 Å². The number of nitrogens with zero attached hydrogens (tertiary/aromatic N) is 1. The van der Waals surface area contributed by atoms with E-state index in [0.29, 0.717) is 6.29 Å². The molecule has 19 heavy (non-hydrogen) atoms. The molecule has 0 bridgehead atoms. The standard InChI is InChI=1S/C12H11NO6/c1-2-5-18-12(15)8-19-10-4-3-9(7-14)11(6-10)13(16)17/h2-4,6-7H,1,5,8H2. The molecule has 0 fully saturated rings. The summed E-state index contributed by atoms with van der Waals surface area (Å²) < 4.78 is 9.69. The fraction of sp³-hybridized carbons (Fsp3) is 0.167. The molecule has 0 saturated heterocycles. The van der Waals surface area contributed by atoms with Gasteiger partial charge in [0.05, 0.1) is 16.6 Å². The van der Waals surface area contributed by atoms with Crippen LogP contribution in [0.4, 0.5) is 5.69 Å². The number of esters is 1. The van der Waals surface area contributed by atoms with Crippen molar-refractivity contribution in [3.05, 3.63) is 46.5 Å². The molecule has 1 rings (SSSR count). The minimum atomic E-state index is -0.702. The van der Waals surface area contributed by atoms with E-state index < -0.39 is 10.9 Å². The minimum Gasteiger partial charge on any atom is -0.482 e. The fourth-order valence-corrected chi connectivity index (χ4v) is 1.21. The summed E-state index contributed by atoms with van der Waals surface area (Å²) in [7, 11) is 0. The number of rotatable bonds is 7. The number of hydrogen-bond acceptors (Lipinski definition) is 6. The van der Waals surface area contributed by atoms with Gasteiger partial charge in [-0.15, -0.1) is 0 Å². The van der Waals surface area contributed by atoms with Crippen LogP contribution in [0.15, 0.2) is 30.9 Å². The average molecular weight is 265 g/mol. The summed E-state index contributed by atoms with van der Waals surface area (Å²) in [4.78, 5) is 31.7. The molecule has 0 radical (unpaired) electrons. The second-order valence-corrected chi connectivity index (χ2v) is 3.36. The van der Waals surface area contributed by atoms with Crippen LogP contribution in [0.2, 0.25) is 0 Å². The first-order valence-corrected chi connectivity index (χ1v) is 5.21. The van der Waals surface area contributed by atoms with Crippen LogP contribution < -0.4 is 4.74 Å². The second kappa shape index (κ2) is 6.90. The Morgan fingerprint density at radius 1 is 1.47 bits per heavy atom. The minimum absolute atomic E-state index is 0.0619. The lowest BCUT2D eigenvalue weighted by Gasteiger charge is -2.06. The van der Waals surface area contributed by atoms with Crippen molar-refractivity contribution in [1.82, 2.24) is 0 Å². The normalized spacial score (nSPS) is 9.47. The molecule has 0 heterocycles. The lowest BCUT2D eigenvalue weighted by atomic mass is 10.2. The number of hydrogen-bond donors (Lipinski definition) is 0. The van der Waals surface area contributed by atoms with Crippen LogP contribution >= 0.6 is 0 Å². The number of nitro benzene ring substituents is 1. The highest BCUT2D eigenvalue weighted by Gasteiger charge is 2.15. The van der Waals surface area contributed by atoms with E-state index in [9.17, 15) is 19.7 Å². The fourth-order valence-electron chi connectivity index (χ4n) is 1.21. The predicted octanol–water partition coefficient (Wildman–Crippen LogP) is 1.52. The quantitative estimate of drug-likeness (QED) is 0.244. The van der Waals surface area contributed by atoms with E-state index in [4.69, 9.17) is 4.74 Å². The highest BCUT2D eigenvalue weighted by molar-refractivity contribution is 5.81. The van der Waals surface area contributed by atoms with E-state index in [-0.39, 0.29) is 30.2 Å². The van der Waals surface area contributed by atoms with Gasteiger partial charge in [0.15, 0.2) is 12.9 Å².